The fraction of sp³-hybridized carbons (Fsp3) is 0.412. The summed E-state index contributed by atoms with van der Waals surface area (Å²) in [6.45, 7) is 7.12. The number of aryl methyl sites for hydroxylation is 2. The molecule has 0 spiro atoms. The van der Waals surface area contributed by atoms with Crippen molar-refractivity contribution in [2.24, 2.45) is 0 Å². The van der Waals surface area contributed by atoms with E-state index in [1.54, 1.807) is 7.11 Å². The van der Waals surface area contributed by atoms with Gasteiger partial charge >= 0.3 is 0 Å². The Bertz CT molecular complexity index is 543. The Hall–Kier alpha value is -1.74. The fourth-order valence-electron chi connectivity index (χ4n) is 2.42. The highest BCUT2D eigenvalue weighted by Crippen LogP contribution is 2.21. The van der Waals surface area contributed by atoms with Gasteiger partial charge in [-0.1, -0.05) is 12.1 Å². The van der Waals surface area contributed by atoms with Gasteiger partial charge in [0.2, 0.25) is 0 Å². The standard InChI is InChI=1S/C17H23NO2/c1-12-11-17(14(3)20-12)13(2)18-10-9-15-5-7-16(19-4)8-6-15/h5-8,11,13,18H,9-10H2,1-4H3. The Labute approximate surface area is 121 Å². The van der Waals surface area contributed by atoms with E-state index in [-0.39, 0.29) is 0 Å². The van der Waals surface area contributed by atoms with Gasteiger partial charge in [-0.05, 0) is 57.5 Å². The van der Waals surface area contributed by atoms with Crippen molar-refractivity contribution in [3.63, 3.8) is 0 Å². The average Bonchev–Trinajstić information content (AvgIpc) is 2.78. The molecule has 20 heavy (non-hydrogen) atoms. The number of hydrogen-bond acceptors (Lipinski definition) is 3. The molecule has 0 aliphatic rings. The molecule has 0 aliphatic carbocycles. The molecule has 0 radical (unpaired) electrons. The predicted octanol–water partition coefficient (Wildman–Crippen LogP) is 3.80. The van der Waals surface area contributed by atoms with Gasteiger partial charge in [-0.2, -0.15) is 0 Å². The summed E-state index contributed by atoms with van der Waals surface area (Å²) in [6, 6.07) is 10.6. The third-order valence-corrected chi connectivity index (χ3v) is 3.57. The molecule has 3 heteroatoms. The molecule has 0 saturated carbocycles. The molecule has 1 aromatic carbocycles. The second-order valence-electron chi connectivity index (χ2n) is 5.14. The van der Waals surface area contributed by atoms with Gasteiger partial charge in [0.15, 0.2) is 0 Å². The van der Waals surface area contributed by atoms with Gasteiger partial charge in [0.1, 0.15) is 17.3 Å². The minimum Gasteiger partial charge on any atom is -0.497 e. The van der Waals surface area contributed by atoms with E-state index in [4.69, 9.17) is 9.15 Å². The van der Waals surface area contributed by atoms with Gasteiger partial charge in [0.25, 0.3) is 0 Å². The highest BCUT2D eigenvalue weighted by Gasteiger charge is 2.11. The molecule has 2 aromatic rings. The van der Waals surface area contributed by atoms with Gasteiger partial charge in [0, 0.05) is 11.6 Å². The highest BCUT2D eigenvalue weighted by atomic mass is 16.5. The minimum atomic E-state index is 0.311. The monoisotopic (exact) mass is 273 g/mol. The van der Waals surface area contributed by atoms with Crippen LogP contribution in [0.25, 0.3) is 0 Å². The van der Waals surface area contributed by atoms with Crippen LogP contribution in [0.4, 0.5) is 0 Å². The number of ether oxygens (including phenoxy) is 1. The molecule has 3 nitrogen and oxygen atoms in total. The molecule has 0 fully saturated rings. The van der Waals surface area contributed by atoms with Crippen LogP contribution >= 0.6 is 0 Å². The average molecular weight is 273 g/mol. The van der Waals surface area contributed by atoms with Crippen LogP contribution in [0.5, 0.6) is 5.75 Å². The van der Waals surface area contributed by atoms with Crippen LogP contribution in [0, 0.1) is 13.8 Å². The van der Waals surface area contributed by atoms with Crippen molar-refractivity contribution < 1.29 is 9.15 Å². The number of rotatable bonds is 6. The van der Waals surface area contributed by atoms with Gasteiger partial charge in [-0.3, -0.25) is 0 Å². The molecule has 0 bridgehead atoms. The summed E-state index contributed by atoms with van der Waals surface area (Å²) in [5.74, 6) is 2.88. The summed E-state index contributed by atoms with van der Waals surface area (Å²) in [4.78, 5) is 0. The highest BCUT2D eigenvalue weighted by molar-refractivity contribution is 5.27. The van der Waals surface area contributed by atoms with Gasteiger partial charge in [-0.15, -0.1) is 0 Å². The lowest BCUT2D eigenvalue weighted by molar-refractivity contribution is 0.414. The molecule has 0 saturated heterocycles. The number of hydrogen-bond donors (Lipinski definition) is 1. The molecule has 1 heterocycles. The van der Waals surface area contributed by atoms with Crippen LogP contribution in [-0.2, 0) is 6.42 Å². The van der Waals surface area contributed by atoms with Crippen molar-refractivity contribution in [3.8, 4) is 5.75 Å². The van der Waals surface area contributed by atoms with E-state index in [1.807, 2.05) is 26.0 Å². The molecule has 1 atom stereocenters. The van der Waals surface area contributed by atoms with E-state index in [9.17, 15) is 0 Å². The summed E-state index contributed by atoms with van der Waals surface area (Å²) in [7, 11) is 1.69. The minimum absolute atomic E-state index is 0.311. The first-order chi connectivity index (χ1) is 9.60. The fourth-order valence-corrected chi connectivity index (χ4v) is 2.42. The lowest BCUT2D eigenvalue weighted by atomic mass is 10.1. The smallest absolute Gasteiger partial charge is 0.118 e. The predicted molar refractivity (Wildman–Crippen MR) is 81.3 cm³/mol. The lowest BCUT2D eigenvalue weighted by Gasteiger charge is -2.13. The summed E-state index contributed by atoms with van der Waals surface area (Å²) in [5, 5.41) is 3.54. The Kier molecular flexibility index (Phi) is 4.85. The van der Waals surface area contributed by atoms with E-state index >= 15 is 0 Å². The van der Waals surface area contributed by atoms with Crippen molar-refractivity contribution >= 4 is 0 Å². The van der Waals surface area contributed by atoms with E-state index in [0.29, 0.717) is 6.04 Å². The normalized spacial score (nSPS) is 12.4. The first kappa shape index (κ1) is 14.7. The Morgan fingerprint density at radius 2 is 1.90 bits per heavy atom. The molecule has 1 N–H and O–H groups in total. The van der Waals surface area contributed by atoms with Crippen molar-refractivity contribution in [1.29, 1.82) is 0 Å². The maximum absolute atomic E-state index is 5.57. The van der Waals surface area contributed by atoms with E-state index in [0.717, 1.165) is 30.2 Å². The summed E-state index contributed by atoms with van der Waals surface area (Å²) < 4.78 is 10.7. The van der Waals surface area contributed by atoms with Gasteiger partial charge in [0.05, 0.1) is 7.11 Å². The van der Waals surface area contributed by atoms with Crippen LogP contribution in [-0.4, -0.2) is 13.7 Å². The zero-order chi connectivity index (χ0) is 14.5. The number of furan rings is 1. The van der Waals surface area contributed by atoms with Crippen molar-refractivity contribution in [1.82, 2.24) is 5.32 Å². The SMILES string of the molecule is COc1ccc(CCNC(C)c2cc(C)oc2C)cc1. The van der Waals surface area contributed by atoms with Crippen molar-refractivity contribution in [2.75, 3.05) is 13.7 Å². The Morgan fingerprint density at radius 1 is 1.20 bits per heavy atom. The summed E-state index contributed by atoms with van der Waals surface area (Å²) in [6.07, 6.45) is 1.00. The van der Waals surface area contributed by atoms with Crippen LogP contribution in [0.15, 0.2) is 34.7 Å². The quantitative estimate of drug-likeness (QED) is 0.869. The zero-order valence-electron chi connectivity index (χ0n) is 12.7. The van der Waals surface area contributed by atoms with Crippen molar-refractivity contribution in [2.45, 2.75) is 33.2 Å². The van der Waals surface area contributed by atoms with E-state index in [2.05, 4.69) is 30.4 Å². The third kappa shape index (κ3) is 3.64. The van der Waals surface area contributed by atoms with Gasteiger partial charge < -0.3 is 14.5 Å². The van der Waals surface area contributed by atoms with E-state index < -0.39 is 0 Å². The van der Waals surface area contributed by atoms with Gasteiger partial charge in [-0.25, -0.2) is 0 Å². The molecule has 1 aromatic heterocycles. The van der Waals surface area contributed by atoms with Crippen molar-refractivity contribution in [3.05, 3.63) is 53.0 Å². The second-order valence-corrected chi connectivity index (χ2v) is 5.14. The Balaban J connectivity index is 1.84. The largest absolute Gasteiger partial charge is 0.497 e. The molecular weight excluding hydrogens is 250 g/mol. The molecular formula is C17H23NO2. The van der Waals surface area contributed by atoms with Crippen LogP contribution in [0.3, 0.4) is 0 Å². The van der Waals surface area contributed by atoms with Crippen LogP contribution in [0.2, 0.25) is 0 Å². The number of nitrogens with one attached hydrogen (secondary N) is 1. The zero-order valence-corrected chi connectivity index (χ0v) is 12.7. The summed E-state index contributed by atoms with van der Waals surface area (Å²) >= 11 is 0. The molecule has 108 valence electrons. The van der Waals surface area contributed by atoms with Crippen LogP contribution < -0.4 is 10.1 Å². The summed E-state index contributed by atoms with van der Waals surface area (Å²) in [5.41, 5.74) is 2.56. The molecule has 0 amide bonds. The molecule has 2 rings (SSSR count). The van der Waals surface area contributed by atoms with E-state index in [1.165, 1.54) is 11.1 Å². The molecule has 1 unspecified atom stereocenters. The topological polar surface area (TPSA) is 34.4 Å². The van der Waals surface area contributed by atoms with Crippen LogP contribution in [0.1, 0.15) is 35.6 Å². The third-order valence-electron chi connectivity index (χ3n) is 3.57. The second kappa shape index (κ2) is 6.62. The maximum atomic E-state index is 5.57. The molecule has 0 aliphatic heterocycles. The Morgan fingerprint density at radius 3 is 2.45 bits per heavy atom. The lowest BCUT2D eigenvalue weighted by Crippen LogP contribution is -2.21. The number of methoxy groups -OCH3 is 1. The number of benzene rings is 1. The first-order valence-electron chi connectivity index (χ1n) is 7.03. The first-order valence-corrected chi connectivity index (χ1v) is 7.03. The maximum Gasteiger partial charge on any atom is 0.118 e.